The Labute approximate surface area is 163 Å². The summed E-state index contributed by atoms with van der Waals surface area (Å²) in [6.07, 6.45) is 4.60. The zero-order chi connectivity index (χ0) is 19.9. The van der Waals surface area contributed by atoms with E-state index in [-0.39, 0.29) is 11.3 Å². The first-order valence-corrected chi connectivity index (χ1v) is 9.30. The number of nitrogens with one attached hydrogen (secondary N) is 1. The molecular formula is C23H22F2N2O. The van der Waals surface area contributed by atoms with E-state index in [4.69, 9.17) is 0 Å². The molecule has 0 radical (unpaired) electrons. The lowest BCUT2D eigenvalue weighted by molar-refractivity contribution is 0.0947. The first kappa shape index (κ1) is 18.4. The van der Waals surface area contributed by atoms with E-state index in [1.807, 2.05) is 55.1 Å². The molecule has 1 saturated carbocycles. The van der Waals surface area contributed by atoms with Crippen molar-refractivity contribution in [3.8, 4) is 5.69 Å². The van der Waals surface area contributed by atoms with Crippen molar-refractivity contribution in [1.82, 2.24) is 9.88 Å². The average Bonchev–Trinajstić information content (AvgIpc) is 3.02. The van der Waals surface area contributed by atoms with Crippen molar-refractivity contribution in [2.24, 2.45) is 5.41 Å². The number of amides is 1. The van der Waals surface area contributed by atoms with Crippen molar-refractivity contribution >= 4 is 5.91 Å². The number of carbonyl (C=O) groups is 1. The number of halogens is 2. The lowest BCUT2D eigenvalue weighted by atomic mass is 9.87. The van der Waals surface area contributed by atoms with Crippen molar-refractivity contribution in [3.05, 3.63) is 89.8 Å². The topological polar surface area (TPSA) is 34.0 Å². The van der Waals surface area contributed by atoms with E-state index in [0.29, 0.717) is 17.7 Å². The molecule has 0 bridgehead atoms. The van der Waals surface area contributed by atoms with Gasteiger partial charge >= 0.3 is 0 Å². The molecule has 1 aliphatic rings. The second-order valence-corrected chi connectivity index (χ2v) is 8.09. The van der Waals surface area contributed by atoms with E-state index < -0.39 is 17.0 Å². The van der Waals surface area contributed by atoms with Crippen molar-refractivity contribution in [2.75, 3.05) is 6.54 Å². The monoisotopic (exact) mass is 380 g/mol. The fourth-order valence-corrected chi connectivity index (χ4v) is 4.07. The number of nitrogens with zero attached hydrogens (tertiary/aromatic N) is 1. The summed E-state index contributed by atoms with van der Waals surface area (Å²) in [5, 5.41) is 2.95. The normalized spacial score (nSPS) is 20.0. The fraction of sp³-hybridized carbons (Fsp3) is 0.261. The third kappa shape index (κ3) is 3.11. The van der Waals surface area contributed by atoms with Gasteiger partial charge in [0, 0.05) is 41.7 Å². The van der Waals surface area contributed by atoms with Crippen LogP contribution in [0.15, 0.2) is 67.0 Å². The molecule has 1 aromatic heterocycles. The van der Waals surface area contributed by atoms with E-state index in [9.17, 15) is 13.6 Å². The molecule has 1 amide bonds. The highest BCUT2D eigenvalue weighted by molar-refractivity contribution is 5.94. The standard InChI is InChI=1S/C23H22F2N2O/c1-22(2)14-23(22,19-10-7-17(24)13-20(19)25)15-26-21(28)16-5-8-18(9-6-16)27-11-3-4-12-27/h3-13H,14-15H2,1-2H3,(H,26,28). The van der Waals surface area contributed by atoms with E-state index in [1.54, 1.807) is 12.1 Å². The summed E-state index contributed by atoms with van der Waals surface area (Å²) in [5.41, 5.74) is 1.28. The third-order valence-electron chi connectivity index (χ3n) is 5.94. The van der Waals surface area contributed by atoms with E-state index >= 15 is 0 Å². The summed E-state index contributed by atoms with van der Waals surface area (Å²) < 4.78 is 29.7. The van der Waals surface area contributed by atoms with Gasteiger partial charge in [0.1, 0.15) is 11.6 Å². The number of benzene rings is 2. The third-order valence-corrected chi connectivity index (χ3v) is 5.94. The van der Waals surface area contributed by atoms with Crippen LogP contribution in [-0.2, 0) is 5.41 Å². The first-order valence-electron chi connectivity index (χ1n) is 9.30. The van der Waals surface area contributed by atoms with Crippen molar-refractivity contribution in [1.29, 1.82) is 0 Å². The summed E-state index contributed by atoms with van der Waals surface area (Å²) in [6.45, 7) is 4.38. The van der Waals surface area contributed by atoms with Crippen LogP contribution >= 0.6 is 0 Å². The average molecular weight is 380 g/mol. The molecule has 1 fully saturated rings. The predicted octanol–water partition coefficient (Wildman–Crippen LogP) is 4.85. The van der Waals surface area contributed by atoms with Crippen LogP contribution in [0.25, 0.3) is 5.69 Å². The number of aromatic nitrogens is 1. The molecule has 0 spiro atoms. The number of hydrogen-bond donors (Lipinski definition) is 1. The minimum atomic E-state index is -0.596. The van der Waals surface area contributed by atoms with Crippen LogP contribution in [0.5, 0.6) is 0 Å². The van der Waals surface area contributed by atoms with Gasteiger partial charge in [-0.25, -0.2) is 8.78 Å². The zero-order valence-corrected chi connectivity index (χ0v) is 15.9. The van der Waals surface area contributed by atoms with Crippen molar-refractivity contribution in [2.45, 2.75) is 25.7 Å². The van der Waals surface area contributed by atoms with E-state index in [1.165, 1.54) is 12.1 Å². The molecule has 3 nitrogen and oxygen atoms in total. The summed E-state index contributed by atoms with van der Waals surface area (Å²) >= 11 is 0. The molecule has 144 valence electrons. The Morgan fingerprint density at radius 1 is 1.07 bits per heavy atom. The van der Waals surface area contributed by atoms with Gasteiger partial charge in [0.05, 0.1) is 0 Å². The Bertz CT molecular complexity index is 1010. The van der Waals surface area contributed by atoms with E-state index in [2.05, 4.69) is 5.32 Å². The lowest BCUT2D eigenvalue weighted by Crippen LogP contribution is -2.35. The Morgan fingerprint density at radius 3 is 2.29 bits per heavy atom. The van der Waals surface area contributed by atoms with Crippen LogP contribution in [0, 0.1) is 17.0 Å². The molecule has 2 aromatic carbocycles. The summed E-state index contributed by atoms with van der Waals surface area (Å²) in [7, 11) is 0. The summed E-state index contributed by atoms with van der Waals surface area (Å²) in [4.78, 5) is 12.6. The van der Waals surface area contributed by atoms with Gasteiger partial charge in [-0.15, -0.1) is 0 Å². The van der Waals surface area contributed by atoms with Crippen LogP contribution in [0.1, 0.15) is 36.2 Å². The Kier molecular flexibility index (Phi) is 4.33. The Hall–Kier alpha value is -2.95. The highest BCUT2D eigenvalue weighted by Gasteiger charge is 2.62. The van der Waals surface area contributed by atoms with Gasteiger partial charge in [0.25, 0.3) is 5.91 Å². The smallest absolute Gasteiger partial charge is 0.251 e. The number of rotatable bonds is 5. The molecule has 1 atom stereocenters. The molecule has 1 heterocycles. The van der Waals surface area contributed by atoms with Crippen LogP contribution in [0.3, 0.4) is 0 Å². The van der Waals surface area contributed by atoms with Gasteiger partial charge in [-0.2, -0.15) is 0 Å². The summed E-state index contributed by atoms with van der Waals surface area (Å²) in [6, 6.07) is 14.9. The molecule has 4 rings (SSSR count). The highest BCUT2D eigenvalue weighted by Crippen LogP contribution is 2.64. The largest absolute Gasteiger partial charge is 0.351 e. The predicted molar refractivity (Wildman–Crippen MR) is 105 cm³/mol. The lowest BCUT2D eigenvalue weighted by Gasteiger charge is -2.22. The van der Waals surface area contributed by atoms with Gasteiger partial charge in [0.2, 0.25) is 0 Å². The molecule has 3 aromatic rings. The number of carbonyl (C=O) groups excluding carboxylic acids is 1. The molecule has 0 aliphatic heterocycles. The maximum atomic E-state index is 14.4. The number of hydrogen-bond acceptors (Lipinski definition) is 1. The zero-order valence-electron chi connectivity index (χ0n) is 15.9. The summed E-state index contributed by atoms with van der Waals surface area (Å²) in [5.74, 6) is -1.36. The van der Waals surface area contributed by atoms with Crippen LogP contribution in [-0.4, -0.2) is 17.0 Å². The second kappa shape index (κ2) is 6.59. The molecule has 5 heteroatoms. The van der Waals surface area contributed by atoms with Crippen LogP contribution in [0.2, 0.25) is 0 Å². The van der Waals surface area contributed by atoms with Crippen molar-refractivity contribution < 1.29 is 13.6 Å². The Balaban J connectivity index is 1.50. The maximum Gasteiger partial charge on any atom is 0.251 e. The molecule has 1 aliphatic carbocycles. The minimum absolute atomic E-state index is 0.169. The molecular weight excluding hydrogens is 358 g/mol. The highest BCUT2D eigenvalue weighted by atomic mass is 19.1. The van der Waals surface area contributed by atoms with Crippen LogP contribution in [0.4, 0.5) is 8.78 Å². The Morgan fingerprint density at radius 2 is 1.71 bits per heavy atom. The van der Waals surface area contributed by atoms with Gasteiger partial charge in [-0.05, 0) is 59.9 Å². The van der Waals surface area contributed by atoms with Gasteiger partial charge < -0.3 is 9.88 Å². The van der Waals surface area contributed by atoms with E-state index in [0.717, 1.165) is 18.2 Å². The minimum Gasteiger partial charge on any atom is -0.351 e. The van der Waals surface area contributed by atoms with Gasteiger partial charge in [-0.3, -0.25) is 4.79 Å². The molecule has 1 unspecified atom stereocenters. The van der Waals surface area contributed by atoms with Crippen LogP contribution < -0.4 is 5.32 Å². The SMILES string of the molecule is CC1(C)CC1(CNC(=O)c1ccc(-n2cccc2)cc1)c1ccc(F)cc1F. The molecule has 0 saturated heterocycles. The molecule has 28 heavy (non-hydrogen) atoms. The molecule has 1 N–H and O–H groups in total. The second-order valence-electron chi connectivity index (χ2n) is 8.09. The van der Waals surface area contributed by atoms with Gasteiger partial charge in [0.15, 0.2) is 0 Å². The fourth-order valence-electron chi connectivity index (χ4n) is 4.07. The first-order chi connectivity index (χ1) is 13.3. The maximum absolute atomic E-state index is 14.4. The quantitative estimate of drug-likeness (QED) is 0.674. The van der Waals surface area contributed by atoms with Gasteiger partial charge in [-0.1, -0.05) is 19.9 Å². The van der Waals surface area contributed by atoms with Crippen molar-refractivity contribution in [3.63, 3.8) is 0 Å².